The maximum Gasteiger partial charge on any atom is 0.253 e. The number of ether oxygens (including phenoxy) is 2. The molecule has 1 saturated heterocycles. The number of hydrogen-bond acceptors (Lipinski definition) is 8. The Morgan fingerprint density at radius 2 is 2.14 bits per heavy atom. The van der Waals surface area contributed by atoms with Gasteiger partial charge in [-0.2, -0.15) is 0 Å². The lowest BCUT2D eigenvalue weighted by Gasteiger charge is -2.33. The number of aromatic amines is 1. The van der Waals surface area contributed by atoms with Gasteiger partial charge >= 0.3 is 0 Å². The van der Waals surface area contributed by atoms with Gasteiger partial charge < -0.3 is 18.9 Å². The molecule has 4 heterocycles. The number of rotatable bonds is 8. The second kappa shape index (κ2) is 9.87. The van der Waals surface area contributed by atoms with E-state index in [1.54, 1.807) is 18.1 Å². The Hall–Kier alpha value is -3.50. The number of benzene rings is 1. The van der Waals surface area contributed by atoms with Crippen LogP contribution in [-0.4, -0.2) is 56.5 Å². The number of methoxy groups -OCH3 is 1. The molecule has 10 heteroatoms. The van der Waals surface area contributed by atoms with Gasteiger partial charge in [0.05, 0.1) is 31.6 Å². The Morgan fingerprint density at radius 1 is 1.28 bits per heavy atom. The number of furan rings is 1. The first kappa shape index (κ1) is 24.2. The van der Waals surface area contributed by atoms with Crippen molar-refractivity contribution in [2.75, 3.05) is 20.3 Å². The maximum absolute atomic E-state index is 13.6. The molecule has 36 heavy (non-hydrogen) atoms. The highest BCUT2D eigenvalue weighted by atomic mass is 16.5. The van der Waals surface area contributed by atoms with Gasteiger partial charge in [0.2, 0.25) is 0 Å². The number of aromatic nitrogens is 5. The Morgan fingerprint density at radius 3 is 2.83 bits per heavy atom. The molecule has 0 spiro atoms. The van der Waals surface area contributed by atoms with E-state index in [1.165, 1.54) is 0 Å². The Balaban J connectivity index is 1.69. The summed E-state index contributed by atoms with van der Waals surface area (Å²) in [6.45, 7) is 7.91. The molecule has 1 N–H and O–H groups in total. The van der Waals surface area contributed by atoms with Crippen LogP contribution in [0.4, 0.5) is 0 Å². The van der Waals surface area contributed by atoms with E-state index >= 15 is 0 Å². The smallest absolute Gasteiger partial charge is 0.253 e. The van der Waals surface area contributed by atoms with E-state index in [2.05, 4.69) is 25.4 Å². The molecule has 0 amide bonds. The second-order valence-corrected chi connectivity index (χ2v) is 10.2. The van der Waals surface area contributed by atoms with Crippen molar-refractivity contribution in [3.63, 3.8) is 0 Å². The van der Waals surface area contributed by atoms with E-state index < -0.39 is 11.6 Å². The predicted molar refractivity (Wildman–Crippen MR) is 134 cm³/mol. The van der Waals surface area contributed by atoms with Crippen LogP contribution in [-0.2, 0) is 16.8 Å². The molecule has 190 valence electrons. The SMILES string of the molecule is COc1ccc2[nH]c(=O)c([C@@H](c3nnnn3C(C)(C)C)N(Cc3ccco3)C[C@H]3CCCO3)cc2c1. The topological polar surface area (TPSA) is 111 Å². The lowest BCUT2D eigenvalue weighted by Crippen LogP contribution is -2.40. The lowest BCUT2D eigenvalue weighted by molar-refractivity contribution is 0.0536. The van der Waals surface area contributed by atoms with Crippen molar-refractivity contribution >= 4 is 10.9 Å². The van der Waals surface area contributed by atoms with Crippen LogP contribution in [0.5, 0.6) is 5.75 Å². The van der Waals surface area contributed by atoms with Gasteiger partial charge in [-0.15, -0.1) is 5.10 Å². The molecular formula is C26H32N6O4. The quantitative estimate of drug-likeness (QED) is 0.397. The first-order chi connectivity index (χ1) is 17.3. The molecular weight excluding hydrogens is 460 g/mol. The zero-order chi connectivity index (χ0) is 25.3. The zero-order valence-electron chi connectivity index (χ0n) is 21.1. The second-order valence-electron chi connectivity index (χ2n) is 10.2. The Bertz CT molecular complexity index is 1370. The summed E-state index contributed by atoms with van der Waals surface area (Å²) in [7, 11) is 1.63. The fraction of sp³-hybridized carbons (Fsp3) is 0.462. The molecule has 1 aromatic carbocycles. The van der Waals surface area contributed by atoms with E-state index in [0.717, 1.165) is 36.1 Å². The summed E-state index contributed by atoms with van der Waals surface area (Å²) in [4.78, 5) is 18.8. The number of pyridine rings is 1. The largest absolute Gasteiger partial charge is 0.497 e. The molecule has 0 unspecified atom stereocenters. The standard InChI is InChI=1S/C26H32N6O4/c1-26(2,3)32-24(28-29-30-32)23(21-14-17-13-18(34-4)9-10-22(17)27-25(21)33)31(15-19-7-5-11-35-19)16-20-8-6-12-36-20/h5,7,9-11,13-14,20,23H,6,8,12,15-16H2,1-4H3,(H,27,33)/t20-,23+/m1/s1. The summed E-state index contributed by atoms with van der Waals surface area (Å²) in [5, 5.41) is 13.6. The third kappa shape index (κ3) is 4.91. The summed E-state index contributed by atoms with van der Waals surface area (Å²) in [5.74, 6) is 2.08. The molecule has 0 aliphatic carbocycles. The van der Waals surface area contributed by atoms with E-state index in [1.807, 2.05) is 57.2 Å². The molecule has 3 aromatic heterocycles. The summed E-state index contributed by atoms with van der Waals surface area (Å²) < 4.78 is 18.9. The van der Waals surface area contributed by atoms with Gasteiger partial charge in [-0.05, 0) is 80.4 Å². The third-order valence-electron chi connectivity index (χ3n) is 6.51. The van der Waals surface area contributed by atoms with Crippen LogP contribution < -0.4 is 10.3 Å². The van der Waals surface area contributed by atoms with Crippen molar-refractivity contribution in [3.8, 4) is 5.75 Å². The van der Waals surface area contributed by atoms with E-state index in [0.29, 0.717) is 30.2 Å². The fourth-order valence-corrected chi connectivity index (χ4v) is 4.79. The van der Waals surface area contributed by atoms with Crippen LogP contribution >= 0.6 is 0 Å². The lowest BCUT2D eigenvalue weighted by atomic mass is 10.0. The zero-order valence-corrected chi connectivity index (χ0v) is 21.1. The molecule has 2 atom stereocenters. The maximum atomic E-state index is 13.6. The minimum Gasteiger partial charge on any atom is -0.497 e. The molecule has 1 aliphatic rings. The van der Waals surface area contributed by atoms with Crippen molar-refractivity contribution in [2.24, 2.45) is 0 Å². The highest BCUT2D eigenvalue weighted by molar-refractivity contribution is 5.80. The van der Waals surface area contributed by atoms with Crippen LogP contribution in [0.1, 0.15) is 56.8 Å². The summed E-state index contributed by atoms with van der Waals surface area (Å²) in [6, 6.07) is 10.7. The Kier molecular flexibility index (Phi) is 6.63. The normalized spacial score (nSPS) is 17.2. The molecule has 0 bridgehead atoms. The van der Waals surface area contributed by atoms with Crippen molar-refractivity contribution in [1.29, 1.82) is 0 Å². The van der Waals surface area contributed by atoms with Crippen LogP contribution in [0.15, 0.2) is 51.9 Å². The first-order valence-corrected chi connectivity index (χ1v) is 12.2. The number of nitrogens with one attached hydrogen (secondary N) is 1. The van der Waals surface area contributed by atoms with Crippen LogP contribution in [0.2, 0.25) is 0 Å². The molecule has 1 fully saturated rings. The Labute approximate surface area is 209 Å². The molecule has 1 aliphatic heterocycles. The van der Waals surface area contributed by atoms with Gasteiger partial charge in [-0.3, -0.25) is 9.69 Å². The third-order valence-corrected chi connectivity index (χ3v) is 6.51. The number of H-pyrrole nitrogens is 1. The monoisotopic (exact) mass is 492 g/mol. The molecule has 10 nitrogen and oxygen atoms in total. The van der Waals surface area contributed by atoms with Gasteiger partial charge in [-0.1, -0.05) is 0 Å². The number of fused-ring (bicyclic) bond motifs is 1. The molecule has 0 saturated carbocycles. The summed E-state index contributed by atoms with van der Waals surface area (Å²) in [5.41, 5.74) is 0.679. The van der Waals surface area contributed by atoms with Gasteiger partial charge in [0.1, 0.15) is 17.6 Å². The van der Waals surface area contributed by atoms with Gasteiger partial charge in [-0.25, -0.2) is 4.68 Å². The fourth-order valence-electron chi connectivity index (χ4n) is 4.79. The van der Waals surface area contributed by atoms with Crippen LogP contribution in [0.25, 0.3) is 10.9 Å². The van der Waals surface area contributed by atoms with E-state index in [-0.39, 0.29) is 11.7 Å². The average Bonchev–Trinajstić information content (AvgIpc) is 3.62. The predicted octanol–water partition coefficient (Wildman–Crippen LogP) is 3.64. The average molecular weight is 493 g/mol. The number of nitrogens with zero attached hydrogens (tertiary/aromatic N) is 5. The molecule has 5 rings (SSSR count). The van der Waals surface area contributed by atoms with Gasteiger partial charge in [0, 0.05) is 29.6 Å². The number of hydrogen-bond donors (Lipinski definition) is 1. The van der Waals surface area contributed by atoms with Gasteiger partial charge in [0.25, 0.3) is 5.56 Å². The van der Waals surface area contributed by atoms with Crippen molar-refractivity contribution < 1.29 is 13.9 Å². The van der Waals surface area contributed by atoms with Crippen molar-refractivity contribution in [3.05, 3.63) is 70.2 Å². The van der Waals surface area contributed by atoms with E-state index in [4.69, 9.17) is 13.9 Å². The molecule has 0 radical (unpaired) electrons. The molecule has 4 aromatic rings. The summed E-state index contributed by atoms with van der Waals surface area (Å²) in [6.07, 6.45) is 3.67. The van der Waals surface area contributed by atoms with Crippen molar-refractivity contribution in [1.82, 2.24) is 30.1 Å². The van der Waals surface area contributed by atoms with Crippen LogP contribution in [0.3, 0.4) is 0 Å². The minimum atomic E-state index is -0.548. The minimum absolute atomic E-state index is 0.0426. The number of tetrazole rings is 1. The van der Waals surface area contributed by atoms with Gasteiger partial charge in [0.15, 0.2) is 5.82 Å². The summed E-state index contributed by atoms with van der Waals surface area (Å²) >= 11 is 0. The first-order valence-electron chi connectivity index (χ1n) is 12.2. The van der Waals surface area contributed by atoms with Crippen molar-refractivity contribution in [2.45, 2.75) is 57.8 Å². The highest BCUT2D eigenvalue weighted by Crippen LogP contribution is 2.32. The highest BCUT2D eigenvalue weighted by Gasteiger charge is 2.35. The van der Waals surface area contributed by atoms with Crippen LogP contribution in [0, 0.1) is 0 Å². The van der Waals surface area contributed by atoms with E-state index in [9.17, 15) is 4.79 Å².